The van der Waals surface area contributed by atoms with E-state index < -0.39 is 6.80 Å². The van der Waals surface area contributed by atoms with Crippen LogP contribution in [0.5, 0.6) is 0 Å². The molecular formula is C18H38FO2PS. The second-order valence-electron chi connectivity index (χ2n) is 6.59. The van der Waals surface area contributed by atoms with E-state index in [2.05, 4.69) is 23.3 Å². The zero-order chi connectivity index (χ0) is 17.2. The van der Waals surface area contributed by atoms with Crippen molar-refractivity contribution in [2.45, 2.75) is 110 Å². The highest BCUT2D eigenvalue weighted by atomic mass is 32.5. The summed E-state index contributed by atoms with van der Waals surface area (Å²) in [5, 5.41) is 0. The molecule has 23 heavy (non-hydrogen) atoms. The van der Waals surface area contributed by atoms with E-state index in [4.69, 9.17) is 4.89 Å². The Bertz CT molecular complexity index is 284. The predicted octanol–water partition coefficient (Wildman–Crippen LogP) is 7.45. The van der Waals surface area contributed by atoms with Gasteiger partial charge in [0, 0.05) is 0 Å². The Kier molecular flexibility index (Phi) is 17.7. The van der Waals surface area contributed by atoms with Gasteiger partial charge in [-0.05, 0) is 18.2 Å². The third-order valence-corrected chi connectivity index (χ3v) is 5.07. The smallest absolute Gasteiger partial charge is 0.321 e. The molecule has 0 amide bonds. The third kappa shape index (κ3) is 22.5. The van der Waals surface area contributed by atoms with Crippen molar-refractivity contribution in [3.8, 4) is 0 Å². The standard InChI is InChI=1S/C18H38FO2PS/c1-2-3-4-5-6-7-8-9-10-11-12-13-14-15-16-17-18-21-22(19,20)23/h2-18H2,1H3,(H,20,23). The monoisotopic (exact) mass is 368 g/mol. The van der Waals surface area contributed by atoms with Crippen LogP contribution in [-0.2, 0) is 16.3 Å². The minimum atomic E-state index is -3.92. The maximum Gasteiger partial charge on any atom is 0.363 e. The van der Waals surface area contributed by atoms with Crippen molar-refractivity contribution in [3.63, 3.8) is 0 Å². The second kappa shape index (κ2) is 17.3. The molecule has 0 aliphatic carbocycles. The van der Waals surface area contributed by atoms with Crippen molar-refractivity contribution in [1.29, 1.82) is 0 Å². The van der Waals surface area contributed by atoms with Crippen LogP contribution in [0.25, 0.3) is 0 Å². The average Bonchev–Trinajstić information content (AvgIpc) is 2.49. The lowest BCUT2D eigenvalue weighted by atomic mass is 10.0. The first-order valence-corrected chi connectivity index (χ1v) is 12.3. The highest BCUT2D eigenvalue weighted by molar-refractivity contribution is 8.06. The zero-order valence-corrected chi connectivity index (χ0v) is 16.8. The molecule has 0 saturated heterocycles. The van der Waals surface area contributed by atoms with E-state index in [0.29, 0.717) is 0 Å². The number of rotatable bonds is 18. The molecule has 0 radical (unpaired) electrons. The molecule has 5 heteroatoms. The summed E-state index contributed by atoms with van der Waals surface area (Å²) in [4.78, 5) is 8.68. The van der Waals surface area contributed by atoms with Gasteiger partial charge in [-0.1, -0.05) is 103 Å². The summed E-state index contributed by atoms with van der Waals surface area (Å²) < 4.78 is 17.1. The van der Waals surface area contributed by atoms with E-state index in [0.717, 1.165) is 12.8 Å². The first-order valence-electron chi connectivity index (χ1n) is 9.73. The molecule has 0 aromatic rings. The van der Waals surface area contributed by atoms with Crippen LogP contribution in [0, 0.1) is 0 Å². The van der Waals surface area contributed by atoms with Crippen LogP contribution >= 0.6 is 6.80 Å². The Labute approximate surface area is 148 Å². The second-order valence-corrected chi connectivity index (χ2v) is 9.10. The molecular weight excluding hydrogens is 330 g/mol. The Balaban J connectivity index is 3.01. The first-order chi connectivity index (χ1) is 11.1. The Morgan fingerprint density at radius 3 is 1.30 bits per heavy atom. The van der Waals surface area contributed by atoms with Crippen LogP contribution in [0.1, 0.15) is 110 Å². The molecule has 0 aliphatic rings. The molecule has 0 bridgehead atoms. The lowest BCUT2D eigenvalue weighted by molar-refractivity contribution is 0.271. The van der Waals surface area contributed by atoms with Crippen molar-refractivity contribution in [1.82, 2.24) is 0 Å². The van der Waals surface area contributed by atoms with Crippen LogP contribution in [0.3, 0.4) is 0 Å². The van der Waals surface area contributed by atoms with Crippen molar-refractivity contribution in [2.24, 2.45) is 0 Å². The topological polar surface area (TPSA) is 29.5 Å². The summed E-state index contributed by atoms with van der Waals surface area (Å²) in [5.74, 6) is 0. The number of hydrogen-bond acceptors (Lipinski definition) is 2. The van der Waals surface area contributed by atoms with E-state index in [1.54, 1.807) is 0 Å². The minimum absolute atomic E-state index is 0.253. The zero-order valence-electron chi connectivity index (χ0n) is 15.1. The highest BCUT2D eigenvalue weighted by Crippen LogP contribution is 2.43. The summed E-state index contributed by atoms with van der Waals surface area (Å²) in [6.45, 7) is -1.40. The van der Waals surface area contributed by atoms with Gasteiger partial charge in [0.15, 0.2) is 0 Å². The molecule has 1 N–H and O–H groups in total. The Morgan fingerprint density at radius 2 is 1.00 bits per heavy atom. The quantitative estimate of drug-likeness (QED) is 0.201. The van der Waals surface area contributed by atoms with Gasteiger partial charge in [-0.15, -0.1) is 0 Å². The largest absolute Gasteiger partial charge is 0.363 e. The van der Waals surface area contributed by atoms with Gasteiger partial charge in [-0.2, -0.15) is 4.20 Å². The van der Waals surface area contributed by atoms with Crippen molar-refractivity contribution in [2.75, 3.05) is 6.61 Å². The third-order valence-electron chi connectivity index (χ3n) is 4.25. The van der Waals surface area contributed by atoms with E-state index >= 15 is 0 Å². The van der Waals surface area contributed by atoms with E-state index in [-0.39, 0.29) is 6.61 Å². The van der Waals surface area contributed by atoms with Gasteiger partial charge in [0.2, 0.25) is 0 Å². The summed E-state index contributed by atoms with van der Waals surface area (Å²) in [7, 11) is 0. The molecule has 0 aliphatic heterocycles. The maximum absolute atomic E-state index is 12.5. The van der Waals surface area contributed by atoms with Gasteiger partial charge >= 0.3 is 6.80 Å². The van der Waals surface area contributed by atoms with Gasteiger partial charge < -0.3 is 9.42 Å². The van der Waals surface area contributed by atoms with Gasteiger partial charge in [0.05, 0.1) is 6.61 Å². The molecule has 140 valence electrons. The fourth-order valence-electron chi connectivity index (χ4n) is 2.83. The summed E-state index contributed by atoms with van der Waals surface area (Å²) in [6.07, 6.45) is 20.9. The van der Waals surface area contributed by atoms with Crippen LogP contribution < -0.4 is 0 Å². The first kappa shape index (κ1) is 23.5. The SMILES string of the molecule is CCCCCCCCCCCCCCCCCCOP(O)(F)=S. The van der Waals surface area contributed by atoms with Crippen LogP contribution in [0.4, 0.5) is 4.20 Å². The molecule has 0 heterocycles. The lowest BCUT2D eigenvalue weighted by Crippen LogP contribution is -1.90. The fourth-order valence-corrected chi connectivity index (χ4v) is 3.41. The van der Waals surface area contributed by atoms with E-state index in [1.165, 1.54) is 89.9 Å². The van der Waals surface area contributed by atoms with Gasteiger partial charge in [0.25, 0.3) is 0 Å². The minimum Gasteiger partial charge on any atom is -0.321 e. The predicted molar refractivity (Wildman–Crippen MR) is 103 cm³/mol. The van der Waals surface area contributed by atoms with Crippen molar-refractivity contribution < 1.29 is 13.6 Å². The van der Waals surface area contributed by atoms with Crippen LogP contribution in [-0.4, -0.2) is 11.5 Å². The van der Waals surface area contributed by atoms with Crippen molar-refractivity contribution in [3.05, 3.63) is 0 Å². The Morgan fingerprint density at radius 1 is 0.696 bits per heavy atom. The number of halogens is 1. The normalized spacial score (nSPS) is 14.0. The summed E-state index contributed by atoms with van der Waals surface area (Å²) in [6, 6.07) is 0. The molecule has 0 spiro atoms. The summed E-state index contributed by atoms with van der Waals surface area (Å²) in [5.41, 5.74) is 0. The van der Waals surface area contributed by atoms with E-state index in [9.17, 15) is 4.20 Å². The molecule has 0 aromatic heterocycles. The molecule has 0 saturated carbocycles. The van der Waals surface area contributed by atoms with Gasteiger partial charge in [0.1, 0.15) is 0 Å². The molecule has 0 rings (SSSR count). The lowest BCUT2D eigenvalue weighted by Gasteiger charge is -2.06. The van der Waals surface area contributed by atoms with Gasteiger partial charge in [-0.3, -0.25) is 0 Å². The molecule has 1 atom stereocenters. The number of unbranched alkanes of at least 4 members (excludes halogenated alkanes) is 15. The van der Waals surface area contributed by atoms with E-state index in [1.807, 2.05) is 0 Å². The molecule has 0 aromatic carbocycles. The van der Waals surface area contributed by atoms with Crippen LogP contribution in [0.2, 0.25) is 0 Å². The molecule has 0 fully saturated rings. The van der Waals surface area contributed by atoms with Crippen molar-refractivity contribution >= 4 is 18.6 Å². The summed E-state index contributed by atoms with van der Waals surface area (Å²) >= 11 is 4.17. The highest BCUT2D eigenvalue weighted by Gasteiger charge is 2.09. The van der Waals surface area contributed by atoms with Gasteiger partial charge in [-0.25, -0.2) is 0 Å². The number of hydrogen-bond donors (Lipinski definition) is 1. The fraction of sp³-hybridized carbons (Fsp3) is 1.00. The molecule has 1 unspecified atom stereocenters. The Hall–Kier alpha value is 0.500. The average molecular weight is 369 g/mol. The molecule has 2 nitrogen and oxygen atoms in total. The maximum atomic E-state index is 12.5. The van der Waals surface area contributed by atoms with Crippen LogP contribution in [0.15, 0.2) is 0 Å².